The molecule has 20 heavy (non-hydrogen) atoms. The molecule has 1 amide bonds. The van der Waals surface area contributed by atoms with Crippen LogP contribution >= 0.6 is 27.5 Å². The van der Waals surface area contributed by atoms with Crippen molar-refractivity contribution in [3.05, 3.63) is 57.8 Å². The maximum absolute atomic E-state index is 11.6. The Morgan fingerprint density at radius 3 is 2.90 bits per heavy atom. The number of rotatable bonds is 4. The highest BCUT2D eigenvalue weighted by atomic mass is 79.9. The number of hydrogen-bond acceptors (Lipinski definition) is 3. The van der Waals surface area contributed by atoms with Gasteiger partial charge in [-0.15, -0.1) is 0 Å². The number of nitrogens with one attached hydrogen (secondary N) is 1. The van der Waals surface area contributed by atoms with Crippen LogP contribution in [0.2, 0.25) is 5.02 Å². The SMILES string of the molecule is O=C(Nc1ccncc1Br)OCCc1ccccc1Cl. The van der Waals surface area contributed by atoms with Crippen LogP contribution in [0, 0.1) is 0 Å². The van der Waals surface area contributed by atoms with Gasteiger partial charge in [0.1, 0.15) is 0 Å². The molecule has 0 aliphatic rings. The second kappa shape index (κ2) is 7.26. The topological polar surface area (TPSA) is 51.2 Å². The first kappa shape index (κ1) is 14.8. The van der Waals surface area contributed by atoms with Gasteiger partial charge >= 0.3 is 6.09 Å². The first-order chi connectivity index (χ1) is 9.66. The van der Waals surface area contributed by atoms with Gasteiger partial charge in [0.05, 0.1) is 16.8 Å². The van der Waals surface area contributed by atoms with Gasteiger partial charge in [-0.25, -0.2) is 4.79 Å². The summed E-state index contributed by atoms with van der Waals surface area (Å²) in [5.41, 5.74) is 1.56. The summed E-state index contributed by atoms with van der Waals surface area (Å²) in [5.74, 6) is 0. The monoisotopic (exact) mass is 354 g/mol. The van der Waals surface area contributed by atoms with Gasteiger partial charge in [0, 0.05) is 23.8 Å². The van der Waals surface area contributed by atoms with E-state index >= 15 is 0 Å². The molecule has 4 nitrogen and oxygen atoms in total. The quantitative estimate of drug-likeness (QED) is 0.890. The molecule has 1 aromatic heterocycles. The second-order valence-corrected chi connectivity index (χ2v) is 5.22. The van der Waals surface area contributed by atoms with E-state index in [-0.39, 0.29) is 6.61 Å². The van der Waals surface area contributed by atoms with Crippen molar-refractivity contribution in [1.29, 1.82) is 0 Å². The average Bonchev–Trinajstić information content (AvgIpc) is 2.43. The van der Waals surface area contributed by atoms with Crippen molar-refractivity contribution in [3.63, 3.8) is 0 Å². The summed E-state index contributed by atoms with van der Waals surface area (Å²) in [7, 11) is 0. The molecular formula is C14H12BrClN2O2. The minimum absolute atomic E-state index is 0.262. The zero-order valence-electron chi connectivity index (χ0n) is 10.5. The largest absolute Gasteiger partial charge is 0.449 e. The predicted molar refractivity (Wildman–Crippen MR) is 82.1 cm³/mol. The molecular weight excluding hydrogens is 344 g/mol. The molecule has 0 unspecified atom stereocenters. The smallest absolute Gasteiger partial charge is 0.411 e. The molecule has 0 atom stereocenters. The zero-order chi connectivity index (χ0) is 14.4. The van der Waals surface area contributed by atoms with Crippen LogP contribution in [-0.4, -0.2) is 17.7 Å². The van der Waals surface area contributed by atoms with Gasteiger partial charge in [-0.2, -0.15) is 0 Å². The Bertz CT molecular complexity index is 607. The average molecular weight is 356 g/mol. The van der Waals surface area contributed by atoms with E-state index in [2.05, 4.69) is 26.2 Å². The number of anilines is 1. The molecule has 104 valence electrons. The van der Waals surface area contributed by atoms with Gasteiger partial charge in [-0.3, -0.25) is 10.3 Å². The van der Waals surface area contributed by atoms with Crippen LogP contribution in [0.15, 0.2) is 47.2 Å². The number of aromatic nitrogens is 1. The Kier molecular flexibility index (Phi) is 5.38. The van der Waals surface area contributed by atoms with Crippen LogP contribution in [0.3, 0.4) is 0 Å². The van der Waals surface area contributed by atoms with Gasteiger partial charge in [-0.05, 0) is 33.6 Å². The molecule has 0 aliphatic heterocycles. The third-order valence-electron chi connectivity index (χ3n) is 2.57. The molecule has 0 saturated heterocycles. The summed E-state index contributed by atoms with van der Waals surface area (Å²) in [4.78, 5) is 15.5. The highest BCUT2D eigenvalue weighted by Gasteiger charge is 2.06. The minimum atomic E-state index is -0.510. The second-order valence-electron chi connectivity index (χ2n) is 3.96. The van der Waals surface area contributed by atoms with E-state index in [1.807, 2.05) is 24.3 Å². The number of pyridine rings is 1. The predicted octanol–water partition coefficient (Wildman–Crippen LogP) is 4.29. The Hall–Kier alpha value is -1.59. The number of ether oxygens (including phenoxy) is 1. The molecule has 1 aromatic carbocycles. The number of hydrogen-bond donors (Lipinski definition) is 1. The summed E-state index contributed by atoms with van der Waals surface area (Å²) >= 11 is 9.31. The summed E-state index contributed by atoms with van der Waals surface area (Å²) in [6.45, 7) is 0.262. The van der Waals surface area contributed by atoms with E-state index in [4.69, 9.17) is 16.3 Å². The van der Waals surface area contributed by atoms with Crippen molar-refractivity contribution < 1.29 is 9.53 Å². The van der Waals surface area contributed by atoms with Gasteiger partial charge in [-0.1, -0.05) is 29.8 Å². The Morgan fingerprint density at radius 1 is 1.35 bits per heavy atom. The van der Waals surface area contributed by atoms with Crippen molar-refractivity contribution in [2.24, 2.45) is 0 Å². The normalized spacial score (nSPS) is 10.1. The third kappa shape index (κ3) is 4.21. The van der Waals surface area contributed by atoms with E-state index in [1.165, 1.54) is 0 Å². The van der Waals surface area contributed by atoms with Crippen molar-refractivity contribution in [3.8, 4) is 0 Å². The Morgan fingerprint density at radius 2 is 2.15 bits per heavy atom. The fourth-order valence-corrected chi connectivity index (χ4v) is 2.16. The summed E-state index contributed by atoms with van der Waals surface area (Å²) in [6, 6.07) is 9.16. The molecule has 0 spiro atoms. The van der Waals surface area contributed by atoms with E-state index in [9.17, 15) is 4.79 Å². The molecule has 0 saturated carbocycles. The summed E-state index contributed by atoms with van der Waals surface area (Å²) < 4.78 is 5.81. The van der Waals surface area contributed by atoms with Gasteiger partial charge < -0.3 is 4.74 Å². The van der Waals surface area contributed by atoms with E-state index in [0.29, 0.717) is 21.6 Å². The first-order valence-electron chi connectivity index (χ1n) is 5.93. The Balaban J connectivity index is 1.82. The molecule has 0 fully saturated rings. The van der Waals surface area contributed by atoms with Gasteiger partial charge in [0.25, 0.3) is 0 Å². The third-order valence-corrected chi connectivity index (χ3v) is 3.57. The number of halogens is 2. The fourth-order valence-electron chi connectivity index (χ4n) is 1.58. The van der Waals surface area contributed by atoms with Crippen molar-refractivity contribution in [2.45, 2.75) is 6.42 Å². The van der Waals surface area contributed by atoms with E-state index < -0.39 is 6.09 Å². The summed E-state index contributed by atoms with van der Waals surface area (Å²) in [6.07, 6.45) is 3.25. The molecule has 2 aromatic rings. The number of carbonyl (C=O) groups is 1. The van der Waals surface area contributed by atoms with Crippen molar-refractivity contribution >= 4 is 39.3 Å². The van der Waals surface area contributed by atoms with E-state index in [0.717, 1.165) is 5.56 Å². The fraction of sp³-hybridized carbons (Fsp3) is 0.143. The lowest BCUT2D eigenvalue weighted by atomic mass is 10.2. The standard InChI is InChI=1S/C14H12BrClN2O2/c15-11-9-17-7-5-13(11)18-14(19)20-8-6-10-3-1-2-4-12(10)16/h1-5,7,9H,6,8H2,(H,17,18,19). The highest BCUT2D eigenvalue weighted by Crippen LogP contribution is 2.20. The highest BCUT2D eigenvalue weighted by molar-refractivity contribution is 9.10. The number of nitrogens with zero attached hydrogens (tertiary/aromatic N) is 1. The molecule has 0 radical (unpaired) electrons. The molecule has 0 aliphatic carbocycles. The zero-order valence-corrected chi connectivity index (χ0v) is 12.8. The van der Waals surface area contributed by atoms with Gasteiger partial charge in [0.15, 0.2) is 0 Å². The lowest BCUT2D eigenvalue weighted by Crippen LogP contribution is -2.15. The van der Waals surface area contributed by atoms with Gasteiger partial charge in [0.2, 0.25) is 0 Å². The summed E-state index contributed by atoms with van der Waals surface area (Å²) in [5, 5.41) is 3.30. The number of benzene rings is 1. The lowest BCUT2D eigenvalue weighted by Gasteiger charge is -2.08. The van der Waals surface area contributed by atoms with Crippen LogP contribution in [-0.2, 0) is 11.2 Å². The van der Waals surface area contributed by atoms with Crippen LogP contribution in [0.5, 0.6) is 0 Å². The Labute approximate surface area is 130 Å². The van der Waals surface area contributed by atoms with Crippen LogP contribution in [0.4, 0.5) is 10.5 Å². The lowest BCUT2D eigenvalue weighted by molar-refractivity contribution is 0.163. The molecule has 1 N–H and O–H groups in total. The minimum Gasteiger partial charge on any atom is -0.449 e. The molecule has 0 bridgehead atoms. The van der Waals surface area contributed by atoms with E-state index in [1.54, 1.807) is 18.5 Å². The van der Waals surface area contributed by atoms with Crippen LogP contribution < -0.4 is 5.32 Å². The molecule has 2 rings (SSSR count). The van der Waals surface area contributed by atoms with Crippen LogP contribution in [0.1, 0.15) is 5.56 Å². The molecule has 1 heterocycles. The van der Waals surface area contributed by atoms with Crippen LogP contribution in [0.25, 0.3) is 0 Å². The maximum atomic E-state index is 11.6. The number of amides is 1. The first-order valence-corrected chi connectivity index (χ1v) is 7.10. The number of carbonyl (C=O) groups excluding carboxylic acids is 1. The van der Waals surface area contributed by atoms with Crippen molar-refractivity contribution in [1.82, 2.24) is 4.98 Å². The maximum Gasteiger partial charge on any atom is 0.411 e. The molecule has 6 heteroatoms. The van der Waals surface area contributed by atoms with Crippen molar-refractivity contribution in [2.75, 3.05) is 11.9 Å².